The molecule has 100 valence electrons. The van der Waals surface area contributed by atoms with Crippen LogP contribution in [-0.2, 0) is 0 Å². The van der Waals surface area contributed by atoms with E-state index in [2.05, 4.69) is 13.0 Å². The van der Waals surface area contributed by atoms with E-state index in [1.54, 1.807) is 12.1 Å². The molecular weight excluding hydrogens is 223 g/mol. The van der Waals surface area contributed by atoms with Crippen LogP contribution in [0.2, 0.25) is 0 Å². The molecule has 1 aliphatic carbocycles. The molecule has 0 radical (unpaired) electrons. The van der Waals surface area contributed by atoms with Crippen molar-refractivity contribution >= 4 is 0 Å². The highest BCUT2D eigenvalue weighted by molar-refractivity contribution is 5.21. The van der Waals surface area contributed by atoms with Gasteiger partial charge in [0.1, 0.15) is 5.82 Å². The fourth-order valence-electron chi connectivity index (χ4n) is 3.23. The molecule has 1 saturated carbocycles. The molecule has 0 nitrogen and oxygen atoms in total. The van der Waals surface area contributed by atoms with Crippen LogP contribution in [0.4, 0.5) is 4.39 Å². The molecule has 0 atom stereocenters. The number of hydrogen-bond acceptors (Lipinski definition) is 0. The van der Waals surface area contributed by atoms with E-state index in [0.29, 0.717) is 5.92 Å². The standard InChI is InChI=1S/C17H25F/c1-2-3-4-6-14-9-11-15(12-10-14)16-7-5-8-17(18)13-16/h5,7-8,13-15H,2-4,6,9-12H2,1H3. The predicted molar refractivity (Wildman–Crippen MR) is 75.2 cm³/mol. The minimum atomic E-state index is -0.0856. The summed E-state index contributed by atoms with van der Waals surface area (Å²) >= 11 is 0. The van der Waals surface area contributed by atoms with Gasteiger partial charge in [-0.2, -0.15) is 0 Å². The van der Waals surface area contributed by atoms with Gasteiger partial charge in [-0.15, -0.1) is 0 Å². The van der Waals surface area contributed by atoms with Crippen LogP contribution in [-0.4, -0.2) is 0 Å². The van der Waals surface area contributed by atoms with Crippen molar-refractivity contribution in [3.63, 3.8) is 0 Å². The summed E-state index contributed by atoms with van der Waals surface area (Å²) in [5.74, 6) is 1.45. The predicted octanol–water partition coefficient (Wildman–Crippen LogP) is 5.68. The van der Waals surface area contributed by atoms with Gasteiger partial charge >= 0.3 is 0 Å². The van der Waals surface area contributed by atoms with E-state index in [1.165, 1.54) is 56.9 Å². The fraction of sp³-hybridized carbons (Fsp3) is 0.647. The Morgan fingerprint density at radius 2 is 1.89 bits per heavy atom. The minimum Gasteiger partial charge on any atom is -0.207 e. The van der Waals surface area contributed by atoms with Gasteiger partial charge in [0.05, 0.1) is 0 Å². The Balaban J connectivity index is 1.79. The Kier molecular flexibility index (Phi) is 5.22. The molecule has 0 aliphatic heterocycles. The van der Waals surface area contributed by atoms with E-state index >= 15 is 0 Å². The summed E-state index contributed by atoms with van der Waals surface area (Å²) in [5, 5.41) is 0. The average molecular weight is 248 g/mol. The molecule has 0 spiro atoms. The third kappa shape index (κ3) is 3.83. The number of hydrogen-bond donors (Lipinski definition) is 0. The second-order valence-electron chi connectivity index (χ2n) is 5.77. The van der Waals surface area contributed by atoms with Crippen molar-refractivity contribution in [3.8, 4) is 0 Å². The third-order valence-corrected chi connectivity index (χ3v) is 4.38. The molecule has 2 rings (SSSR count). The van der Waals surface area contributed by atoms with Gasteiger partial charge in [0.2, 0.25) is 0 Å². The topological polar surface area (TPSA) is 0 Å². The van der Waals surface area contributed by atoms with Gasteiger partial charge in [-0.1, -0.05) is 44.7 Å². The van der Waals surface area contributed by atoms with Crippen LogP contribution in [0.3, 0.4) is 0 Å². The third-order valence-electron chi connectivity index (χ3n) is 4.38. The molecule has 1 fully saturated rings. The van der Waals surface area contributed by atoms with Crippen molar-refractivity contribution in [1.29, 1.82) is 0 Å². The summed E-state index contributed by atoms with van der Waals surface area (Å²) in [6, 6.07) is 7.20. The van der Waals surface area contributed by atoms with Crippen molar-refractivity contribution < 1.29 is 4.39 Å². The highest BCUT2D eigenvalue weighted by Gasteiger charge is 2.22. The van der Waals surface area contributed by atoms with Crippen LogP contribution >= 0.6 is 0 Å². The number of rotatable bonds is 5. The zero-order chi connectivity index (χ0) is 12.8. The SMILES string of the molecule is CCCCCC1CCC(c2cccc(F)c2)CC1. The fourth-order valence-corrected chi connectivity index (χ4v) is 3.23. The Morgan fingerprint density at radius 3 is 2.56 bits per heavy atom. The van der Waals surface area contributed by atoms with Gasteiger partial charge in [0.15, 0.2) is 0 Å². The zero-order valence-electron chi connectivity index (χ0n) is 11.5. The molecule has 1 aliphatic rings. The minimum absolute atomic E-state index is 0.0856. The first-order valence-electron chi connectivity index (χ1n) is 7.55. The molecule has 0 bridgehead atoms. The van der Waals surface area contributed by atoms with Crippen LogP contribution < -0.4 is 0 Å². The molecular formula is C17H25F. The highest BCUT2D eigenvalue weighted by atomic mass is 19.1. The Hall–Kier alpha value is -0.850. The van der Waals surface area contributed by atoms with E-state index in [4.69, 9.17) is 0 Å². The smallest absolute Gasteiger partial charge is 0.123 e. The molecule has 0 N–H and O–H groups in total. The molecule has 18 heavy (non-hydrogen) atoms. The van der Waals surface area contributed by atoms with Crippen LogP contribution in [0.5, 0.6) is 0 Å². The maximum absolute atomic E-state index is 13.2. The van der Waals surface area contributed by atoms with E-state index < -0.39 is 0 Å². The lowest BCUT2D eigenvalue weighted by Gasteiger charge is -2.28. The molecule has 1 aromatic carbocycles. The number of benzene rings is 1. The second kappa shape index (κ2) is 6.92. The lowest BCUT2D eigenvalue weighted by Crippen LogP contribution is -2.13. The van der Waals surface area contributed by atoms with Crippen LogP contribution in [0, 0.1) is 11.7 Å². The van der Waals surface area contributed by atoms with Crippen molar-refractivity contribution in [2.75, 3.05) is 0 Å². The van der Waals surface area contributed by atoms with Crippen LogP contribution in [0.25, 0.3) is 0 Å². The molecule has 0 amide bonds. The van der Waals surface area contributed by atoms with Crippen molar-refractivity contribution in [2.24, 2.45) is 5.92 Å². The maximum Gasteiger partial charge on any atom is 0.123 e. The summed E-state index contributed by atoms with van der Waals surface area (Å²) in [6.07, 6.45) is 10.7. The lowest BCUT2D eigenvalue weighted by atomic mass is 9.77. The van der Waals surface area contributed by atoms with Crippen LogP contribution in [0.15, 0.2) is 24.3 Å². The van der Waals surface area contributed by atoms with Gasteiger partial charge in [-0.05, 0) is 55.2 Å². The second-order valence-corrected chi connectivity index (χ2v) is 5.77. The summed E-state index contributed by atoms with van der Waals surface area (Å²) in [4.78, 5) is 0. The largest absolute Gasteiger partial charge is 0.207 e. The van der Waals surface area contributed by atoms with Crippen molar-refractivity contribution in [3.05, 3.63) is 35.6 Å². The van der Waals surface area contributed by atoms with E-state index in [0.717, 1.165) is 5.92 Å². The molecule has 0 aromatic heterocycles. The maximum atomic E-state index is 13.2. The van der Waals surface area contributed by atoms with Gasteiger partial charge in [0.25, 0.3) is 0 Å². The van der Waals surface area contributed by atoms with E-state index in [1.807, 2.05) is 6.07 Å². The van der Waals surface area contributed by atoms with E-state index in [9.17, 15) is 4.39 Å². The Bertz CT molecular complexity index is 350. The first kappa shape index (κ1) is 13.6. The average Bonchev–Trinajstić information content (AvgIpc) is 2.40. The summed E-state index contributed by atoms with van der Waals surface area (Å²) in [7, 11) is 0. The molecule has 1 aromatic rings. The summed E-state index contributed by atoms with van der Waals surface area (Å²) < 4.78 is 13.2. The van der Waals surface area contributed by atoms with Crippen LogP contribution in [0.1, 0.15) is 69.8 Å². The van der Waals surface area contributed by atoms with Crippen molar-refractivity contribution in [1.82, 2.24) is 0 Å². The molecule has 0 saturated heterocycles. The zero-order valence-corrected chi connectivity index (χ0v) is 11.5. The quantitative estimate of drug-likeness (QED) is 0.588. The molecule has 0 heterocycles. The van der Waals surface area contributed by atoms with Gasteiger partial charge < -0.3 is 0 Å². The first-order chi connectivity index (χ1) is 8.79. The summed E-state index contributed by atoms with van der Waals surface area (Å²) in [5.41, 5.74) is 1.21. The van der Waals surface area contributed by atoms with Crippen molar-refractivity contribution in [2.45, 2.75) is 64.2 Å². The van der Waals surface area contributed by atoms with Gasteiger partial charge in [-0.3, -0.25) is 0 Å². The molecule has 0 unspecified atom stereocenters. The number of unbranched alkanes of at least 4 members (excludes halogenated alkanes) is 2. The Labute approximate surface area is 111 Å². The monoisotopic (exact) mass is 248 g/mol. The Morgan fingerprint density at radius 1 is 1.11 bits per heavy atom. The highest BCUT2D eigenvalue weighted by Crippen LogP contribution is 2.37. The lowest BCUT2D eigenvalue weighted by molar-refractivity contribution is 0.302. The first-order valence-corrected chi connectivity index (χ1v) is 7.55. The van der Waals surface area contributed by atoms with Gasteiger partial charge in [-0.25, -0.2) is 4.39 Å². The molecule has 1 heteroatoms. The number of halogens is 1. The normalized spacial score (nSPS) is 24.1. The van der Waals surface area contributed by atoms with Gasteiger partial charge in [0, 0.05) is 0 Å². The van der Waals surface area contributed by atoms with E-state index in [-0.39, 0.29) is 5.82 Å². The summed E-state index contributed by atoms with van der Waals surface area (Å²) in [6.45, 7) is 2.26.